The maximum atomic E-state index is 15.2. The predicted molar refractivity (Wildman–Crippen MR) is 256 cm³/mol. The van der Waals surface area contributed by atoms with Gasteiger partial charge < -0.3 is 34.3 Å². The Kier molecular flexibility index (Phi) is 14.1. The molecule has 4 aliphatic heterocycles. The first kappa shape index (κ1) is 46.2. The fourth-order valence-corrected chi connectivity index (χ4v) is 10.3. The highest BCUT2D eigenvalue weighted by molar-refractivity contribution is 5.98. The third-order valence-electron chi connectivity index (χ3n) is 14.1. The van der Waals surface area contributed by atoms with Gasteiger partial charge in [-0.2, -0.15) is 0 Å². The van der Waals surface area contributed by atoms with E-state index in [0.29, 0.717) is 66.2 Å². The number of anilines is 1. The molecule has 5 amide bonds. The number of rotatable bonds is 14. The first-order chi connectivity index (χ1) is 32.4. The molecule has 0 bridgehead atoms. The summed E-state index contributed by atoms with van der Waals surface area (Å²) < 4.78 is 23.6. The molecule has 0 radical (unpaired) electrons. The lowest BCUT2D eigenvalue weighted by Gasteiger charge is -2.37. The van der Waals surface area contributed by atoms with Gasteiger partial charge in [0.05, 0.1) is 24.4 Å². The monoisotopic (exact) mass is 914 g/mol. The molecule has 0 saturated carbocycles. The quantitative estimate of drug-likeness (QED) is 0.103. The second-order valence-corrected chi connectivity index (χ2v) is 19.4. The number of pyridine rings is 1. The summed E-state index contributed by atoms with van der Waals surface area (Å²) in [6.45, 7) is 14.2. The van der Waals surface area contributed by atoms with Crippen LogP contribution in [0.5, 0.6) is 0 Å². The maximum Gasteiger partial charge on any atom is 0.324 e. The summed E-state index contributed by atoms with van der Waals surface area (Å²) in [4.78, 5) is 71.0. The van der Waals surface area contributed by atoms with E-state index < -0.39 is 11.8 Å². The fraction of sp³-hybridized carbons (Fsp3) is 0.490. The Balaban J connectivity index is 0.734. The molecule has 67 heavy (non-hydrogen) atoms. The number of hydrogen-bond acceptors (Lipinski definition) is 9. The number of benzene rings is 2. The second-order valence-electron chi connectivity index (χ2n) is 19.4. The van der Waals surface area contributed by atoms with Crippen LogP contribution in [0.4, 0.5) is 19.7 Å². The largest absolute Gasteiger partial charge is 0.375 e. The van der Waals surface area contributed by atoms with E-state index in [1.807, 2.05) is 24.0 Å². The van der Waals surface area contributed by atoms with Crippen LogP contribution in [0.15, 0.2) is 71.9 Å². The normalized spacial score (nSPS) is 19.2. The molecule has 1 atom stereocenters. The Morgan fingerprint density at radius 2 is 1.63 bits per heavy atom. The number of imide groups is 1. The number of carbonyl (C=O) groups is 3. The van der Waals surface area contributed by atoms with E-state index in [9.17, 15) is 19.2 Å². The SMILES string of the molecule is Cc1c(NC(=O)N2CCC(CC(C)C)C2)cc(F)cc1-c1ncnc2[nH]c(-c3ccc(CN4CCC(OC5CCN(CCn6cccc(CN7CCC(=O)NC7=O)c6=O)CC5)CC4)cc3)cc12. The zero-order valence-electron chi connectivity index (χ0n) is 38.9. The van der Waals surface area contributed by atoms with Crippen molar-refractivity contribution in [2.45, 2.75) is 97.6 Å². The number of aromatic nitrogens is 4. The molecule has 3 aromatic heterocycles. The molecule has 3 N–H and O–H groups in total. The first-order valence-electron chi connectivity index (χ1n) is 24.1. The standard InChI is InChI=1S/C51H63FN10O5/c1-33(2)25-36-10-21-61(30-36)50(65)56-44-27-39(52)26-42(34(44)3)47-43-28-45(55-48(43)54-32-53-47)37-8-6-35(7-9-37)29-59-19-13-41(14-20-59)67-40-11-17-58(18-12-40)23-24-60-16-4-5-38(49(60)64)31-62-22-15-46(63)57-51(62)66/h4-9,16,26-28,32-33,36,40-41H,10-15,17-25,29-31H2,1-3H3,(H,56,65)(H,53,54,55)(H,57,63,66). The van der Waals surface area contributed by atoms with Crippen molar-refractivity contribution in [3.63, 3.8) is 0 Å². The summed E-state index contributed by atoms with van der Waals surface area (Å²) in [5.74, 6) is 0.340. The van der Waals surface area contributed by atoms with E-state index in [2.05, 4.69) is 73.5 Å². The van der Waals surface area contributed by atoms with Crippen LogP contribution in [-0.2, 0) is 29.2 Å². The molecule has 1 unspecified atom stereocenters. The lowest BCUT2D eigenvalue weighted by atomic mass is 9.97. The maximum absolute atomic E-state index is 15.2. The number of halogens is 1. The molecule has 4 aliphatic rings. The minimum Gasteiger partial charge on any atom is -0.375 e. The summed E-state index contributed by atoms with van der Waals surface area (Å²) in [5, 5.41) is 6.09. The summed E-state index contributed by atoms with van der Waals surface area (Å²) in [5.41, 5.74) is 6.64. The van der Waals surface area contributed by atoms with Crippen LogP contribution in [0.2, 0.25) is 0 Å². The minimum atomic E-state index is -0.451. The number of hydrogen-bond donors (Lipinski definition) is 3. The van der Waals surface area contributed by atoms with E-state index in [4.69, 9.17) is 4.74 Å². The summed E-state index contributed by atoms with van der Waals surface area (Å²) >= 11 is 0. The van der Waals surface area contributed by atoms with Gasteiger partial charge in [0.1, 0.15) is 17.8 Å². The Morgan fingerprint density at radius 1 is 0.881 bits per heavy atom. The van der Waals surface area contributed by atoms with Gasteiger partial charge in [-0.15, -0.1) is 0 Å². The highest BCUT2D eigenvalue weighted by Gasteiger charge is 2.29. The molecule has 15 nitrogen and oxygen atoms in total. The zero-order valence-corrected chi connectivity index (χ0v) is 38.9. The lowest BCUT2D eigenvalue weighted by Crippen LogP contribution is -2.49. The number of H-pyrrole nitrogens is 1. The minimum absolute atomic E-state index is 0.101. The zero-order chi connectivity index (χ0) is 46.6. The summed E-state index contributed by atoms with van der Waals surface area (Å²) in [7, 11) is 0. The molecule has 5 aromatic rings. The van der Waals surface area contributed by atoms with Crippen molar-refractivity contribution in [3.05, 3.63) is 100.0 Å². The third kappa shape index (κ3) is 11.1. The van der Waals surface area contributed by atoms with Crippen molar-refractivity contribution in [2.24, 2.45) is 11.8 Å². The smallest absolute Gasteiger partial charge is 0.324 e. The van der Waals surface area contributed by atoms with Crippen molar-refractivity contribution >= 4 is 34.7 Å². The van der Waals surface area contributed by atoms with Gasteiger partial charge in [0.25, 0.3) is 5.56 Å². The van der Waals surface area contributed by atoms with Crippen molar-refractivity contribution in [1.29, 1.82) is 0 Å². The van der Waals surface area contributed by atoms with E-state index in [1.165, 1.54) is 28.9 Å². The molecular weight excluding hydrogens is 852 g/mol. The number of amides is 5. The fourth-order valence-electron chi connectivity index (χ4n) is 10.3. The molecule has 0 spiro atoms. The van der Waals surface area contributed by atoms with Gasteiger partial charge in [0, 0.05) is 106 Å². The van der Waals surface area contributed by atoms with E-state index in [-0.39, 0.29) is 42.7 Å². The van der Waals surface area contributed by atoms with Crippen LogP contribution in [0.3, 0.4) is 0 Å². The van der Waals surface area contributed by atoms with Gasteiger partial charge >= 0.3 is 12.1 Å². The molecule has 354 valence electrons. The topological polar surface area (TPSA) is 161 Å². The van der Waals surface area contributed by atoms with Gasteiger partial charge in [-0.05, 0) is 98.2 Å². The average Bonchev–Trinajstić information content (AvgIpc) is 3.98. The number of carbonyl (C=O) groups excluding carboxylic acids is 3. The molecule has 7 heterocycles. The molecule has 16 heteroatoms. The van der Waals surface area contributed by atoms with E-state index in [1.54, 1.807) is 16.8 Å². The molecule has 9 rings (SSSR count). The molecule has 4 fully saturated rings. The van der Waals surface area contributed by atoms with Crippen molar-refractivity contribution in [2.75, 3.05) is 57.7 Å². The number of nitrogens with zero attached hydrogens (tertiary/aromatic N) is 7. The van der Waals surface area contributed by atoms with Crippen LogP contribution in [0, 0.1) is 24.6 Å². The van der Waals surface area contributed by atoms with Crippen molar-refractivity contribution in [3.8, 4) is 22.5 Å². The Bertz CT molecular complexity index is 2630. The molecule has 4 saturated heterocycles. The predicted octanol–water partition coefficient (Wildman–Crippen LogP) is 7.39. The van der Waals surface area contributed by atoms with Gasteiger partial charge in [0.2, 0.25) is 5.91 Å². The number of urea groups is 2. The number of aromatic amines is 1. The Morgan fingerprint density at radius 3 is 2.36 bits per heavy atom. The van der Waals surface area contributed by atoms with Gasteiger partial charge in [0.15, 0.2) is 0 Å². The van der Waals surface area contributed by atoms with E-state index >= 15 is 4.39 Å². The lowest BCUT2D eigenvalue weighted by molar-refractivity contribution is -0.121. The highest BCUT2D eigenvalue weighted by atomic mass is 19.1. The van der Waals surface area contributed by atoms with Gasteiger partial charge in [-0.1, -0.05) is 44.2 Å². The van der Waals surface area contributed by atoms with Gasteiger partial charge in [-0.3, -0.25) is 19.8 Å². The van der Waals surface area contributed by atoms with Gasteiger partial charge in [-0.25, -0.2) is 23.9 Å². The van der Waals surface area contributed by atoms with Crippen molar-refractivity contribution < 1.29 is 23.5 Å². The number of likely N-dealkylation sites (tertiary alicyclic amines) is 3. The molecular formula is C51H63FN10O5. The van der Waals surface area contributed by atoms with Crippen LogP contribution in [0.25, 0.3) is 33.5 Å². The molecule has 0 aliphatic carbocycles. The summed E-state index contributed by atoms with van der Waals surface area (Å²) in [6, 6.07) is 16.4. The highest BCUT2D eigenvalue weighted by Crippen LogP contribution is 2.35. The van der Waals surface area contributed by atoms with Crippen LogP contribution in [0.1, 0.15) is 75.5 Å². The molecule has 2 aromatic carbocycles. The first-order valence-corrected chi connectivity index (χ1v) is 24.1. The van der Waals surface area contributed by atoms with Crippen molar-refractivity contribution in [1.82, 2.24) is 44.4 Å². The number of nitrogens with one attached hydrogen (secondary N) is 3. The Hall–Kier alpha value is -5.97. The second kappa shape index (κ2) is 20.5. The average molecular weight is 915 g/mol. The third-order valence-corrected chi connectivity index (χ3v) is 14.1. The number of fused-ring (bicyclic) bond motifs is 1. The number of ether oxygens (including phenoxy) is 1. The van der Waals surface area contributed by atoms with E-state index in [0.717, 1.165) is 100 Å². The van der Waals surface area contributed by atoms with Crippen LogP contribution >= 0.6 is 0 Å². The Labute approximate surface area is 391 Å². The summed E-state index contributed by atoms with van der Waals surface area (Å²) in [6.07, 6.45) is 10.0. The van der Waals surface area contributed by atoms with Crippen LogP contribution < -0.4 is 16.2 Å². The van der Waals surface area contributed by atoms with Crippen LogP contribution in [-0.4, -0.2) is 122 Å². The number of piperidine rings is 2.